The quantitative estimate of drug-likeness (QED) is 0.0624. The number of phosphoric acid groups is 3. The standard InChI is InChI=1S/C34H54N7O18P3S/c1-18(19-7-8-20-21(42)6-5-10-34(19,20)4)32(47)63-13-12-36-23(43)9-11-37-30(46)27(45)33(2,3)15-56-62(53,54)59-61(51,52)55-14-22-26(58-60(48,49)50)25(44)31(57-22)41-17-40-24-28(35)38-16-39-29(24)41/h16-20,22,25-27,31,44-45H,5-15H2,1-4H3,(H,36,43)(H,37,46)(H,51,52)(H,53,54)(H2,35,38,39)(H2,48,49,50)/t18-,19+,20-,22+,25+,26+,27-,31+,34+/m0/s1. The number of nitrogens with two attached hydrogens (primary N) is 1. The van der Waals surface area contributed by atoms with Gasteiger partial charge in [0.25, 0.3) is 0 Å². The van der Waals surface area contributed by atoms with E-state index in [0.29, 0.717) is 18.0 Å². The van der Waals surface area contributed by atoms with Gasteiger partial charge in [-0.15, -0.1) is 0 Å². The van der Waals surface area contributed by atoms with Gasteiger partial charge in [-0.2, -0.15) is 4.31 Å². The highest BCUT2D eigenvalue weighted by Gasteiger charge is 2.54. The first-order valence-corrected chi connectivity index (χ1v) is 25.3. The minimum absolute atomic E-state index is 0.00563. The fourth-order valence-electron chi connectivity index (χ4n) is 8.37. The van der Waals surface area contributed by atoms with Crippen LogP contribution in [0.1, 0.15) is 72.4 Å². The maximum Gasteiger partial charge on any atom is 0.481 e. The van der Waals surface area contributed by atoms with E-state index in [2.05, 4.69) is 41.3 Å². The molecule has 5 rings (SSSR count). The summed E-state index contributed by atoms with van der Waals surface area (Å²) < 4.78 is 62.4. The second-order valence-electron chi connectivity index (χ2n) is 16.6. The van der Waals surface area contributed by atoms with Crippen LogP contribution in [0.15, 0.2) is 12.7 Å². The van der Waals surface area contributed by atoms with Gasteiger partial charge < -0.3 is 50.9 Å². The molecule has 1 saturated heterocycles. The SMILES string of the molecule is C[C@H](C(=O)SCCNC(=O)CCNC(=O)[C@H](O)C(C)(C)COP(=O)(O)OP(=O)(O)OC[C@H]1O[C@@H](n2cnc3c(N)ncnc32)[C@H](O)[C@@H]1OP(=O)(O)O)[C@H]1CC[C@H]2C(=O)CCC[C@]12C. The lowest BCUT2D eigenvalue weighted by atomic mass is 9.62. The van der Waals surface area contributed by atoms with Crippen LogP contribution in [-0.2, 0) is 55.5 Å². The topological polar surface area (TPSA) is 381 Å². The molecule has 3 aliphatic rings. The lowest BCUT2D eigenvalue weighted by Crippen LogP contribution is -2.46. The average Bonchev–Trinajstić information content (AvgIpc) is 3.87. The van der Waals surface area contributed by atoms with E-state index in [1.165, 1.54) is 13.8 Å². The van der Waals surface area contributed by atoms with E-state index in [0.717, 1.165) is 54.7 Å². The molecule has 10 N–H and O–H groups in total. The van der Waals surface area contributed by atoms with Crippen molar-refractivity contribution in [3.8, 4) is 0 Å². The van der Waals surface area contributed by atoms with Crippen molar-refractivity contribution in [2.45, 2.75) is 96.9 Å². The maximum absolute atomic E-state index is 13.0. The van der Waals surface area contributed by atoms with Crippen molar-refractivity contribution in [1.82, 2.24) is 30.2 Å². The molecule has 0 radical (unpaired) electrons. The normalized spacial score (nSPS) is 28.2. The van der Waals surface area contributed by atoms with Gasteiger partial charge in [-0.05, 0) is 37.0 Å². The molecule has 0 aromatic carbocycles. The molecule has 1 aliphatic heterocycles. The van der Waals surface area contributed by atoms with Crippen molar-refractivity contribution in [3.05, 3.63) is 12.7 Å². The average molecular weight is 974 g/mol. The summed E-state index contributed by atoms with van der Waals surface area (Å²) in [5.41, 5.74) is 4.08. The molecule has 29 heteroatoms. The van der Waals surface area contributed by atoms with Crippen molar-refractivity contribution < 1.29 is 85.3 Å². The smallest absolute Gasteiger partial charge is 0.386 e. The Labute approximate surface area is 365 Å². The fourth-order valence-corrected chi connectivity index (χ4v) is 12.0. The first-order valence-electron chi connectivity index (χ1n) is 19.8. The van der Waals surface area contributed by atoms with E-state index >= 15 is 0 Å². The van der Waals surface area contributed by atoms with Gasteiger partial charge in [0.2, 0.25) is 11.8 Å². The third kappa shape index (κ3) is 12.8. The Morgan fingerprint density at radius 1 is 1.08 bits per heavy atom. The second-order valence-corrected chi connectivity index (χ2v) is 21.9. The number of thioether (sulfide) groups is 1. The molecule has 25 nitrogen and oxygen atoms in total. The molecule has 2 aromatic rings. The minimum atomic E-state index is -5.59. The van der Waals surface area contributed by atoms with Gasteiger partial charge in [-0.25, -0.2) is 28.6 Å². The zero-order valence-corrected chi connectivity index (χ0v) is 38.2. The summed E-state index contributed by atoms with van der Waals surface area (Å²) in [7, 11) is -16.4. The Bertz CT molecular complexity index is 2160. The number of aliphatic hydroxyl groups excluding tert-OH is 2. The van der Waals surface area contributed by atoms with Crippen LogP contribution in [0.2, 0.25) is 0 Å². The zero-order valence-electron chi connectivity index (χ0n) is 34.8. The Morgan fingerprint density at radius 2 is 1.78 bits per heavy atom. The number of carbonyl (C=O) groups excluding carboxylic acids is 4. The Hall–Kier alpha value is -2.77. The molecule has 2 unspecified atom stereocenters. The van der Waals surface area contributed by atoms with Crippen molar-refractivity contribution >= 4 is 74.9 Å². The predicted octanol–water partition coefficient (Wildman–Crippen LogP) is 1.09. The molecule has 2 aromatic heterocycles. The van der Waals surface area contributed by atoms with Gasteiger partial charge >= 0.3 is 23.5 Å². The number of rotatable bonds is 21. The molecule has 2 aliphatic carbocycles. The number of nitrogen functional groups attached to an aromatic ring is 1. The molecular formula is C34H54N7O18P3S. The van der Waals surface area contributed by atoms with Crippen molar-refractivity contribution in [1.29, 1.82) is 0 Å². The van der Waals surface area contributed by atoms with E-state index in [1.54, 1.807) is 0 Å². The van der Waals surface area contributed by atoms with Crippen LogP contribution in [0.3, 0.4) is 0 Å². The summed E-state index contributed by atoms with van der Waals surface area (Å²) in [5, 5.41) is 26.6. The highest BCUT2D eigenvalue weighted by molar-refractivity contribution is 8.13. The number of imidazole rings is 1. The molecule has 2 saturated carbocycles. The number of amides is 2. The van der Waals surface area contributed by atoms with E-state index < -0.39 is 84.6 Å². The Morgan fingerprint density at radius 3 is 2.48 bits per heavy atom. The lowest BCUT2D eigenvalue weighted by molar-refractivity contribution is -0.137. The number of ketones is 1. The van der Waals surface area contributed by atoms with Gasteiger partial charge in [0.1, 0.15) is 42.0 Å². The summed E-state index contributed by atoms with van der Waals surface area (Å²) >= 11 is 1.12. The van der Waals surface area contributed by atoms with Gasteiger partial charge in [0, 0.05) is 48.9 Å². The summed E-state index contributed by atoms with van der Waals surface area (Å²) in [6.45, 7) is 4.47. The number of hydrogen-bond acceptors (Lipinski definition) is 19. The molecule has 0 bridgehead atoms. The number of carbonyl (C=O) groups is 4. The van der Waals surface area contributed by atoms with E-state index in [-0.39, 0.29) is 64.8 Å². The monoisotopic (exact) mass is 973 g/mol. The van der Waals surface area contributed by atoms with Crippen LogP contribution in [0.4, 0.5) is 5.82 Å². The number of ether oxygens (including phenoxy) is 1. The van der Waals surface area contributed by atoms with E-state index in [4.69, 9.17) is 19.5 Å². The van der Waals surface area contributed by atoms with Crippen LogP contribution in [0, 0.1) is 28.6 Å². The third-order valence-corrected chi connectivity index (χ3v) is 15.8. The largest absolute Gasteiger partial charge is 0.481 e. The summed E-state index contributed by atoms with van der Waals surface area (Å²) in [6, 6.07) is 0. The molecule has 3 fully saturated rings. The molecule has 2 amide bonds. The molecule has 3 heterocycles. The Kier molecular flexibility index (Phi) is 16.6. The molecule has 63 heavy (non-hydrogen) atoms. The molecule has 11 atom stereocenters. The first kappa shape index (κ1) is 51.2. The van der Waals surface area contributed by atoms with E-state index in [9.17, 15) is 62.7 Å². The van der Waals surface area contributed by atoms with Gasteiger partial charge in [-0.3, -0.25) is 37.3 Å². The van der Waals surface area contributed by atoms with Gasteiger partial charge in [0.15, 0.2) is 22.8 Å². The van der Waals surface area contributed by atoms with Crippen molar-refractivity contribution in [2.24, 2.45) is 28.6 Å². The zero-order chi connectivity index (χ0) is 46.7. The number of aliphatic hydroxyl groups is 2. The Balaban J connectivity index is 1.03. The van der Waals surface area contributed by atoms with Crippen LogP contribution in [0.25, 0.3) is 11.2 Å². The molecule has 0 spiro atoms. The van der Waals surface area contributed by atoms with Gasteiger partial charge in [-0.1, -0.05) is 39.5 Å². The highest BCUT2D eigenvalue weighted by Crippen LogP contribution is 2.61. The maximum atomic E-state index is 13.0. The molecular weight excluding hydrogens is 919 g/mol. The fraction of sp³-hybridized carbons (Fsp3) is 0.735. The number of Topliss-reactive ketones (excluding diaryl/α,β-unsaturated/α-hetero) is 1. The first-order chi connectivity index (χ1) is 29.3. The van der Waals surface area contributed by atoms with Gasteiger partial charge in [0.05, 0.1) is 19.5 Å². The van der Waals surface area contributed by atoms with Crippen LogP contribution in [-0.4, -0.2) is 128 Å². The second kappa shape index (κ2) is 20.4. The summed E-state index contributed by atoms with van der Waals surface area (Å²) in [5.74, 6) is -0.948. The number of nitrogens with zero attached hydrogens (tertiary/aromatic N) is 4. The highest BCUT2D eigenvalue weighted by atomic mass is 32.2. The predicted molar refractivity (Wildman–Crippen MR) is 219 cm³/mol. The van der Waals surface area contributed by atoms with Crippen molar-refractivity contribution in [2.75, 3.05) is 37.8 Å². The number of hydrogen-bond donors (Lipinski definition) is 9. The molecule has 354 valence electrons. The number of phosphoric ester groups is 3. The minimum Gasteiger partial charge on any atom is -0.386 e. The third-order valence-electron chi connectivity index (χ3n) is 11.7. The number of aromatic nitrogens is 4. The number of nitrogens with one attached hydrogen (secondary N) is 2. The lowest BCUT2D eigenvalue weighted by Gasteiger charge is -2.41. The summed E-state index contributed by atoms with van der Waals surface area (Å²) in [6.07, 6.45) is -2.95. The number of fused-ring (bicyclic) bond motifs is 2. The van der Waals surface area contributed by atoms with Crippen LogP contribution >= 0.6 is 35.2 Å². The van der Waals surface area contributed by atoms with Crippen molar-refractivity contribution in [3.63, 3.8) is 0 Å². The van der Waals surface area contributed by atoms with Crippen LogP contribution in [0.5, 0.6) is 0 Å². The van der Waals surface area contributed by atoms with E-state index in [1.807, 2.05) is 6.92 Å². The summed E-state index contributed by atoms with van der Waals surface area (Å²) in [4.78, 5) is 102. The van der Waals surface area contributed by atoms with Crippen LogP contribution < -0.4 is 16.4 Å². The number of anilines is 1.